The topological polar surface area (TPSA) is 6.48 Å². The van der Waals surface area contributed by atoms with Crippen LogP contribution in [0, 0.1) is 0 Å². The first-order valence-corrected chi connectivity index (χ1v) is 10.1. The molecule has 0 fully saturated rings. The average Bonchev–Trinajstić information content (AvgIpc) is 2.73. The molecule has 2 heteroatoms. The molecular formula is C26H30N2. The van der Waals surface area contributed by atoms with E-state index in [1.165, 1.54) is 39.9 Å². The average molecular weight is 371 g/mol. The second kappa shape index (κ2) is 7.81. The lowest BCUT2D eigenvalue weighted by molar-refractivity contribution is 0.258. The van der Waals surface area contributed by atoms with Crippen molar-refractivity contribution < 1.29 is 0 Å². The van der Waals surface area contributed by atoms with E-state index in [0.717, 1.165) is 6.42 Å². The van der Waals surface area contributed by atoms with E-state index in [1.807, 2.05) is 0 Å². The molecule has 2 nitrogen and oxygen atoms in total. The Kier molecular flexibility index (Phi) is 5.23. The van der Waals surface area contributed by atoms with E-state index < -0.39 is 0 Å². The molecule has 144 valence electrons. The summed E-state index contributed by atoms with van der Waals surface area (Å²) >= 11 is 0. The van der Waals surface area contributed by atoms with Crippen molar-refractivity contribution in [3.05, 3.63) is 89.5 Å². The van der Waals surface area contributed by atoms with Gasteiger partial charge in [-0.25, -0.2) is 0 Å². The van der Waals surface area contributed by atoms with Crippen LogP contribution in [0.3, 0.4) is 0 Å². The summed E-state index contributed by atoms with van der Waals surface area (Å²) in [6, 6.07) is 27.6. The van der Waals surface area contributed by atoms with Gasteiger partial charge in [0.2, 0.25) is 0 Å². The minimum absolute atomic E-state index is 0.457. The second-order valence-corrected chi connectivity index (χ2v) is 8.38. The Labute approximate surface area is 169 Å². The summed E-state index contributed by atoms with van der Waals surface area (Å²) in [4.78, 5) is 4.52. The van der Waals surface area contributed by atoms with Gasteiger partial charge < -0.3 is 9.80 Å². The largest absolute Gasteiger partial charge is 0.378 e. The number of anilines is 1. The summed E-state index contributed by atoms with van der Waals surface area (Å²) in [5, 5.41) is 0. The van der Waals surface area contributed by atoms with Crippen LogP contribution in [0.2, 0.25) is 0 Å². The summed E-state index contributed by atoms with van der Waals surface area (Å²) in [7, 11) is 8.57. The van der Waals surface area contributed by atoms with E-state index in [0.29, 0.717) is 12.0 Å². The van der Waals surface area contributed by atoms with E-state index in [9.17, 15) is 0 Å². The number of hydrogen-bond acceptors (Lipinski definition) is 2. The molecular weight excluding hydrogens is 340 g/mol. The molecule has 0 heterocycles. The van der Waals surface area contributed by atoms with E-state index in [4.69, 9.17) is 0 Å². The predicted octanol–water partition coefficient (Wildman–Crippen LogP) is 5.43. The highest BCUT2D eigenvalue weighted by Gasteiger charge is 2.29. The fraction of sp³-hybridized carbons (Fsp3) is 0.308. The third kappa shape index (κ3) is 3.70. The van der Waals surface area contributed by atoms with Gasteiger partial charge >= 0.3 is 0 Å². The highest BCUT2D eigenvalue weighted by molar-refractivity contribution is 5.67. The number of rotatable bonds is 4. The molecule has 2 unspecified atom stereocenters. The van der Waals surface area contributed by atoms with Crippen molar-refractivity contribution in [3.63, 3.8) is 0 Å². The minimum atomic E-state index is 0.457. The zero-order valence-electron chi connectivity index (χ0n) is 17.4. The van der Waals surface area contributed by atoms with E-state index in [1.54, 1.807) is 0 Å². The maximum atomic E-state index is 2.39. The quantitative estimate of drug-likeness (QED) is 0.604. The third-order valence-corrected chi connectivity index (χ3v) is 6.13. The summed E-state index contributed by atoms with van der Waals surface area (Å²) in [6.07, 6.45) is 2.32. The monoisotopic (exact) mass is 370 g/mol. The van der Waals surface area contributed by atoms with Crippen LogP contribution in [-0.4, -0.2) is 39.1 Å². The van der Waals surface area contributed by atoms with E-state index in [-0.39, 0.29) is 0 Å². The molecule has 0 radical (unpaired) electrons. The Balaban J connectivity index is 1.70. The smallest absolute Gasteiger partial charge is 0.0361 e. The molecule has 0 aliphatic heterocycles. The normalized spacial score (nSPS) is 18.8. The van der Waals surface area contributed by atoms with Crippen LogP contribution >= 0.6 is 0 Å². The van der Waals surface area contributed by atoms with Gasteiger partial charge in [-0.1, -0.05) is 60.7 Å². The van der Waals surface area contributed by atoms with Gasteiger partial charge in [-0.2, -0.15) is 0 Å². The van der Waals surface area contributed by atoms with Crippen LogP contribution in [0.5, 0.6) is 0 Å². The van der Waals surface area contributed by atoms with Crippen molar-refractivity contribution in [3.8, 4) is 11.1 Å². The first kappa shape index (κ1) is 18.8. The van der Waals surface area contributed by atoms with E-state index >= 15 is 0 Å². The van der Waals surface area contributed by atoms with Crippen molar-refractivity contribution in [2.45, 2.75) is 24.8 Å². The van der Waals surface area contributed by atoms with Gasteiger partial charge in [0.1, 0.15) is 0 Å². The van der Waals surface area contributed by atoms with Gasteiger partial charge in [-0.05, 0) is 66.9 Å². The summed E-state index contributed by atoms with van der Waals surface area (Å²) < 4.78 is 0. The van der Waals surface area contributed by atoms with Crippen LogP contribution in [0.1, 0.15) is 29.0 Å². The first-order chi connectivity index (χ1) is 13.5. The van der Waals surface area contributed by atoms with E-state index in [2.05, 4.69) is 111 Å². The molecule has 0 saturated heterocycles. The second-order valence-electron chi connectivity index (χ2n) is 8.38. The van der Waals surface area contributed by atoms with Crippen molar-refractivity contribution in [1.29, 1.82) is 0 Å². The molecule has 3 aromatic carbocycles. The molecule has 0 amide bonds. The number of nitrogens with zero attached hydrogens (tertiary/aromatic N) is 2. The van der Waals surface area contributed by atoms with Gasteiger partial charge in [0.25, 0.3) is 0 Å². The van der Waals surface area contributed by atoms with Gasteiger partial charge in [-0.15, -0.1) is 0 Å². The first-order valence-electron chi connectivity index (χ1n) is 10.1. The number of benzene rings is 3. The number of likely N-dealkylation sites (N-methyl/N-ethyl adjacent to an activating group) is 1. The lowest BCUT2D eigenvalue weighted by atomic mass is 9.76. The molecule has 3 aromatic rings. The molecule has 1 aliphatic rings. The standard InChI is InChI=1S/C26H30N2/c1-27(2)23-14-12-19(13-15-23)20-9-7-10-21(16-20)26-18-24(28(3)4)17-22-8-5-6-11-25(22)26/h5-16,24,26H,17-18H2,1-4H3. The van der Waals surface area contributed by atoms with Crippen molar-refractivity contribution >= 4 is 5.69 Å². The Morgan fingerprint density at radius 2 is 1.50 bits per heavy atom. The fourth-order valence-electron chi connectivity index (χ4n) is 4.39. The number of hydrogen-bond donors (Lipinski definition) is 0. The van der Waals surface area contributed by atoms with Gasteiger partial charge in [0.15, 0.2) is 0 Å². The Hall–Kier alpha value is -2.58. The third-order valence-electron chi connectivity index (χ3n) is 6.13. The van der Waals surface area contributed by atoms with Crippen molar-refractivity contribution in [2.75, 3.05) is 33.1 Å². The van der Waals surface area contributed by atoms with Crippen LogP contribution in [-0.2, 0) is 6.42 Å². The molecule has 0 spiro atoms. The van der Waals surface area contributed by atoms with Gasteiger partial charge in [0, 0.05) is 31.7 Å². The summed E-state index contributed by atoms with van der Waals surface area (Å²) in [6.45, 7) is 0. The maximum Gasteiger partial charge on any atom is 0.0361 e. The highest BCUT2D eigenvalue weighted by Crippen LogP contribution is 2.39. The molecule has 0 bridgehead atoms. The lowest BCUT2D eigenvalue weighted by Crippen LogP contribution is -2.35. The zero-order chi connectivity index (χ0) is 19.7. The Bertz CT molecular complexity index is 941. The van der Waals surface area contributed by atoms with Crippen molar-refractivity contribution in [1.82, 2.24) is 4.90 Å². The molecule has 2 atom stereocenters. The molecule has 28 heavy (non-hydrogen) atoms. The molecule has 0 N–H and O–H groups in total. The van der Waals surface area contributed by atoms with Crippen LogP contribution in [0.25, 0.3) is 11.1 Å². The molecule has 4 rings (SSSR count). The van der Waals surface area contributed by atoms with Gasteiger partial charge in [-0.3, -0.25) is 0 Å². The molecule has 1 aliphatic carbocycles. The minimum Gasteiger partial charge on any atom is -0.378 e. The fourth-order valence-corrected chi connectivity index (χ4v) is 4.39. The van der Waals surface area contributed by atoms with Crippen LogP contribution in [0.15, 0.2) is 72.8 Å². The maximum absolute atomic E-state index is 2.39. The summed E-state index contributed by atoms with van der Waals surface area (Å²) in [5.74, 6) is 0.457. The highest BCUT2D eigenvalue weighted by atomic mass is 15.1. The van der Waals surface area contributed by atoms with Crippen LogP contribution in [0.4, 0.5) is 5.69 Å². The van der Waals surface area contributed by atoms with Gasteiger partial charge in [0.05, 0.1) is 0 Å². The SMILES string of the molecule is CN(C)c1ccc(-c2cccc(C3CC(N(C)C)Cc4ccccc43)c2)cc1. The molecule has 0 saturated carbocycles. The summed E-state index contributed by atoms with van der Waals surface area (Å²) in [5.41, 5.74) is 8.23. The Morgan fingerprint density at radius 1 is 0.750 bits per heavy atom. The molecule has 0 aromatic heterocycles. The van der Waals surface area contributed by atoms with Crippen molar-refractivity contribution in [2.24, 2.45) is 0 Å². The lowest BCUT2D eigenvalue weighted by Gasteiger charge is -2.35. The number of fused-ring (bicyclic) bond motifs is 1. The van der Waals surface area contributed by atoms with Crippen LogP contribution < -0.4 is 4.90 Å². The Morgan fingerprint density at radius 3 is 2.21 bits per heavy atom. The zero-order valence-corrected chi connectivity index (χ0v) is 17.4. The predicted molar refractivity (Wildman–Crippen MR) is 120 cm³/mol.